The molecule has 0 aliphatic rings. The second-order valence-electron chi connectivity index (χ2n) is 26.2. The maximum absolute atomic E-state index is 13.0. The van der Waals surface area contributed by atoms with Crippen molar-refractivity contribution in [2.75, 3.05) is 39.6 Å². The molecule has 0 saturated heterocycles. The number of esters is 4. The zero-order chi connectivity index (χ0) is 64.7. The monoisotopic (exact) mass is 1280 g/mol. The number of aliphatic hydroxyl groups excluding tert-OH is 1. The van der Waals surface area contributed by atoms with Crippen LogP contribution in [-0.4, -0.2) is 96.7 Å². The van der Waals surface area contributed by atoms with Gasteiger partial charge < -0.3 is 33.8 Å². The van der Waals surface area contributed by atoms with Crippen molar-refractivity contribution in [3.63, 3.8) is 0 Å². The van der Waals surface area contributed by atoms with Crippen molar-refractivity contribution >= 4 is 39.5 Å². The fourth-order valence-electron chi connectivity index (χ4n) is 10.1. The maximum Gasteiger partial charge on any atom is 0.472 e. The van der Waals surface area contributed by atoms with E-state index in [2.05, 4.69) is 55.4 Å². The first-order valence-electron chi connectivity index (χ1n) is 35.2. The van der Waals surface area contributed by atoms with Crippen molar-refractivity contribution in [1.29, 1.82) is 0 Å². The standard InChI is InChI=1S/C68H132O17P2/c1-9-61(8)47-39-31-25-27-33-41-49-66(71)79-55-64(85-68(73)51-43-35-23-19-18-21-29-37-45-59(4)5)57-83-87(76,77)81-53-62(69)52-80-86(74,75)82-56-63(54-78-65(70)48-40-32-26-24-30-38-46-60(6)7)84-67(72)50-42-34-22-17-15-13-11-10-12-14-16-20-28-36-44-58(2)3/h58-64,69H,9-57H2,1-8H3,(H,74,75)(H,76,77)/t61?,62-,63-,64-/m1/s1. The van der Waals surface area contributed by atoms with Crippen LogP contribution in [0.5, 0.6) is 0 Å². The van der Waals surface area contributed by atoms with Crippen molar-refractivity contribution in [2.24, 2.45) is 23.7 Å². The molecule has 0 bridgehead atoms. The fourth-order valence-corrected chi connectivity index (χ4v) is 11.7. The van der Waals surface area contributed by atoms with Crippen molar-refractivity contribution < 1.29 is 80.2 Å². The lowest BCUT2D eigenvalue weighted by Gasteiger charge is -2.21. The Kier molecular flexibility index (Phi) is 56.6. The summed E-state index contributed by atoms with van der Waals surface area (Å²) in [5.41, 5.74) is 0. The number of hydrogen-bond acceptors (Lipinski definition) is 15. The lowest BCUT2D eigenvalue weighted by Crippen LogP contribution is -2.30. The van der Waals surface area contributed by atoms with E-state index in [4.69, 9.17) is 37.0 Å². The highest BCUT2D eigenvalue weighted by molar-refractivity contribution is 7.47. The second kappa shape index (κ2) is 57.9. The third kappa shape index (κ3) is 61.3. The first-order valence-corrected chi connectivity index (χ1v) is 38.2. The summed E-state index contributed by atoms with van der Waals surface area (Å²) in [6.45, 7) is 14.0. The topological polar surface area (TPSA) is 237 Å². The second-order valence-corrected chi connectivity index (χ2v) is 29.1. The van der Waals surface area contributed by atoms with Gasteiger partial charge in [-0.3, -0.25) is 37.3 Å². The van der Waals surface area contributed by atoms with Gasteiger partial charge in [0.2, 0.25) is 0 Å². The van der Waals surface area contributed by atoms with E-state index in [1.807, 2.05) is 0 Å². The van der Waals surface area contributed by atoms with Crippen molar-refractivity contribution in [3.8, 4) is 0 Å². The molecule has 19 heteroatoms. The highest BCUT2D eigenvalue weighted by Crippen LogP contribution is 2.45. The Balaban J connectivity index is 5.22. The molecule has 0 aromatic rings. The Hall–Kier alpha value is -1.94. The van der Waals surface area contributed by atoms with Crippen LogP contribution < -0.4 is 0 Å². The number of phosphoric ester groups is 2. The van der Waals surface area contributed by atoms with E-state index < -0.39 is 97.5 Å². The van der Waals surface area contributed by atoms with Crippen molar-refractivity contribution in [2.45, 2.75) is 350 Å². The van der Waals surface area contributed by atoms with Crippen LogP contribution in [0.4, 0.5) is 0 Å². The van der Waals surface area contributed by atoms with Crippen molar-refractivity contribution in [1.82, 2.24) is 0 Å². The SMILES string of the molecule is CCC(C)CCCCCCCCC(=O)OC[C@H](COP(=O)(O)OC[C@H](O)COP(=O)(O)OC[C@@H](COC(=O)CCCCCCCCC(C)C)OC(=O)CCCCCCCCCCCCCCCCC(C)C)OC(=O)CCCCCCCCCCC(C)C. The normalized spacial score (nSPS) is 14.6. The van der Waals surface area contributed by atoms with Gasteiger partial charge in [-0.2, -0.15) is 0 Å². The third-order valence-corrected chi connectivity index (χ3v) is 17.8. The lowest BCUT2D eigenvalue weighted by molar-refractivity contribution is -0.161. The summed E-state index contributed by atoms with van der Waals surface area (Å²) in [6, 6.07) is 0. The van der Waals surface area contributed by atoms with Gasteiger partial charge in [-0.05, 0) is 49.4 Å². The number of aliphatic hydroxyl groups is 1. The van der Waals surface area contributed by atoms with E-state index in [-0.39, 0.29) is 25.7 Å². The molecule has 0 fully saturated rings. The van der Waals surface area contributed by atoms with Gasteiger partial charge in [0.25, 0.3) is 0 Å². The van der Waals surface area contributed by atoms with Crippen LogP contribution in [-0.2, 0) is 65.4 Å². The molecule has 0 radical (unpaired) electrons. The smallest absolute Gasteiger partial charge is 0.462 e. The highest BCUT2D eigenvalue weighted by Gasteiger charge is 2.30. The summed E-state index contributed by atoms with van der Waals surface area (Å²) in [5.74, 6) is 0.787. The predicted molar refractivity (Wildman–Crippen MR) is 349 cm³/mol. The van der Waals surface area contributed by atoms with E-state index >= 15 is 0 Å². The minimum atomic E-state index is -4.95. The molecule has 0 aromatic carbocycles. The Morgan fingerprint density at radius 2 is 0.552 bits per heavy atom. The molecule has 0 aromatic heterocycles. The summed E-state index contributed by atoms with van der Waals surface area (Å²) in [7, 11) is -9.90. The van der Waals surface area contributed by atoms with Crippen LogP contribution in [0.15, 0.2) is 0 Å². The third-order valence-electron chi connectivity index (χ3n) is 15.9. The van der Waals surface area contributed by atoms with Crippen molar-refractivity contribution in [3.05, 3.63) is 0 Å². The fraction of sp³-hybridized carbons (Fsp3) is 0.941. The van der Waals surface area contributed by atoms with Gasteiger partial charge in [0.05, 0.1) is 26.4 Å². The Labute approximate surface area is 530 Å². The van der Waals surface area contributed by atoms with Crippen LogP contribution in [0.3, 0.4) is 0 Å². The van der Waals surface area contributed by atoms with Gasteiger partial charge in [-0.1, -0.05) is 280 Å². The Morgan fingerprint density at radius 1 is 0.322 bits per heavy atom. The molecule has 0 aliphatic heterocycles. The molecule has 6 atom stereocenters. The number of ether oxygens (including phenoxy) is 4. The van der Waals surface area contributed by atoms with E-state index in [0.29, 0.717) is 31.6 Å². The molecule has 0 spiro atoms. The first kappa shape index (κ1) is 85.1. The highest BCUT2D eigenvalue weighted by atomic mass is 31.2. The molecule has 0 aliphatic carbocycles. The summed E-state index contributed by atoms with van der Waals surface area (Å²) in [5, 5.41) is 10.6. The summed E-state index contributed by atoms with van der Waals surface area (Å²) < 4.78 is 68.1. The molecule has 0 rings (SSSR count). The van der Waals surface area contributed by atoms with E-state index in [1.165, 1.54) is 122 Å². The zero-order valence-electron chi connectivity index (χ0n) is 56.6. The molecule has 0 heterocycles. The zero-order valence-corrected chi connectivity index (χ0v) is 58.4. The summed E-state index contributed by atoms with van der Waals surface area (Å²) in [4.78, 5) is 72.4. The molecular formula is C68H132O17P2. The number of phosphoric acid groups is 2. The lowest BCUT2D eigenvalue weighted by atomic mass is 10.00. The number of hydrogen-bond donors (Lipinski definition) is 3. The molecular weight excluding hydrogens is 1150 g/mol. The Bertz CT molecular complexity index is 1730. The maximum atomic E-state index is 13.0. The van der Waals surface area contributed by atoms with Crippen LogP contribution in [0.1, 0.15) is 331 Å². The number of carbonyl (C=O) groups excluding carboxylic acids is 4. The van der Waals surface area contributed by atoms with Gasteiger partial charge in [0, 0.05) is 25.7 Å². The van der Waals surface area contributed by atoms with Crippen LogP contribution in [0, 0.1) is 23.7 Å². The van der Waals surface area contributed by atoms with Gasteiger partial charge >= 0.3 is 39.5 Å². The van der Waals surface area contributed by atoms with E-state index in [1.54, 1.807) is 0 Å². The summed E-state index contributed by atoms with van der Waals surface area (Å²) in [6.07, 6.45) is 39.2. The van der Waals surface area contributed by atoms with Gasteiger partial charge in [0.15, 0.2) is 12.2 Å². The average molecular weight is 1280 g/mol. The molecule has 87 heavy (non-hydrogen) atoms. The quantitative estimate of drug-likeness (QED) is 0.0222. The molecule has 3 unspecified atom stereocenters. The Morgan fingerprint density at radius 3 is 0.816 bits per heavy atom. The number of carbonyl (C=O) groups is 4. The minimum Gasteiger partial charge on any atom is -0.462 e. The summed E-state index contributed by atoms with van der Waals surface area (Å²) >= 11 is 0. The molecule has 516 valence electrons. The van der Waals surface area contributed by atoms with Gasteiger partial charge in [0.1, 0.15) is 19.3 Å². The van der Waals surface area contributed by atoms with Gasteiger partial charge in [-0.15, -0.1) is 0 Å². The minimum absolute atomic E-state index is 0.103. The largest absolute Gasteiger partial charge is 0.472 e. The average Bonchev–Trinajstić information content (AvgIpc) is 3.59. The van der Waals surface area contributed by atoms with Gasteiger partial charge in [-0.25, -0.2) is 9.13 Å². The molecule has 17 nitrogen and oxygen atoms in total. The van der Waals surface area contributed by atoms with E-state index in [9.17, 15) is 43.2 Å². The first-order chi connectivity index (χ1) is 41.6. The molecule has 3 N–H and O–H groups in total. The molecule has 0 amide bonds. The number of rotatable bonds is 65. The van der Waals surface area contributed by atoms with Crippen LogP contribution >= 0.6 is 15.6 Å². The van der Waals surface area contributed by atoms with Crippen LogP contribution in [0.25, 0.3) is 0 Å². The predicted octanol–water partition coefficient (Wildman–Crippen LogP) is 18.9. The number of unbranched alkanes of at least 4 members (excludes halogenated alkanes) is 30. The van der Waals surface area contributed by atoms with E-state index in [0.717, 1.165) is 120 Å². The van der Waals surface area contributed by atoms with Crippen LogP contribution in [0.2, 0.25) is 0 Å². The molecule has 0 saturated carbocycles.